The molecule has 1 heterocycles. The summed E-state index contributed by atoms with van der Waals surface area (Å²) < 4.78 is 18.8. The summed E-state index contributed by atoms with van der Waals surface area (Å²) in [6, 6.07) is 10.5. The van der Waals surface area contributed by atoms with Crippen LogP contribution in [0.15, 0.2) is 47.8 Å². The van der Waals surface area contributed by atoms with Crippen LogP contribution in [0.3, 0.4) is 0 Å². The van der Waals surface area contributed by atoms with E-state index in [9.17, 15) is 19.3 Å². The molecule has 0 bridgehead atoms. The average Bonchev–Trinajstić information content (AvgIpc) is 3.08. The number of rotatable bonds is 6. The van der Waals surface area contributed by atoms with Crippen molar-refractivity contribution in [2.45, 2.75) is 20.5 Å². The third-order valence-electron chi connectivity index (χ3n) is 3.80. The fourth-order valence-corrected chi connectivity index (χ4v) is 3.44. The lowest BCUT2D eigenvalue weighted by molar-refractivity contribution is -0.386. The molecule has 0 radical (unpaired) electrons. The van der Waals surface area contributed by atoms with Crippen molar-refractivity contribution in [1.29, 1.82) is 0 Å². The first-order chi connectivity index (χ1) is 13.3. The molecule has 0 aliphatic carbocycles. The highest BCUT2D eigenvalue weighted by atomic mass is 32.1. The number of nitro groups is 1. The van der Waals surface area contributed by atoms with Gasteiger partial charge in [0.25, 0.3) is 0 Å². The number of thiazole rings is 1. The van der Waals surface area contributed by atoms with Crippen LogP contribution in [0.5, 0.6) is 5.75 Å². The molecule has 0 fully saturated rings. The molecule has 2 aromatic carbocycles. The number of nitro benzene ring substituents is 1. The molecule has 0 N–H and O–H groups in total. The van der Waals surface area contributed by atoms with Gasteiger partial charge in [-0.25, -0.2) is 9.37 Å². The van der Waals surface area contributed by atoms with Gasteiger partial charge in [-0.1, -0.05) is 12.1 Å². The maximum Gasteiger partial charge on any atom is 0.311 e. The van der Waals surface area contributed by atoms with Crippen LogP contribution in [0.2, 0.25) is 0 Å². The largest absolute Gasteiger partial charge is 0.480 e. The Labute approximate surface area is 164 Å². The van der Waals surface area contributed by atoms with Gasteiger partial charge in [0.2, 0.25) is 5.91 Å². The number of benzene rings is 2. The van der Waals surface area contributed by atoms with Crippen molar-refractivity contribution in [3.05, 3.63) is 75.0 Å². The Kier molecular flexibility index (Phi) is 5.65. The Bertz CT molecular complexity index is 1040. The third-order valence-corrected chi connectivity index (χ3v) is 4.67. The summed E-state index contributed by atoms with van der Waals surface area (Å²) in [7, 11) is 0. The molecule has 0 saturated carbocycles. The second-order valence-electron chi connectivity index (χ2n) is 5.97. The molecule has 1 aromatic heterocycles. The van der Waals surface area contributed by atoms with Gasteiger partial charge in [0.15, 0.2) is 10.9 Å². The van der Waals surface area contributed by atoms with Gasteiger partial charge in [-0.15, -0.1) is 11.3 Å². The molecule has 3 rings (SSSR count). The number of hydrogen-bond acceptors (Lipinski definition) is 6. The third kappa shape index (κ3) is 4.32. The lowest BCUT2D eigenvalue weighted by Crippen LogP contribution is -2.22. The molecular formula is C19H16FN3O4S. The van der Waals surface area contributed by atoms with Crippen LogP contribution >= 0.6 is 11.3 Å². The minimum absolute atomic E-state index is 0.0969. The molecule has 3 aromatic rings. The molecule has 7 nitrogen and oxygen atoms in total. The van der Waals surface area contributed by atoms with E-state index in [1.165, 1.54) is 23.2 Å². The number of anilines is 2. The van der Waals surface area contributed by atoms with Crippen LogP contribution in [0.25, 0.3) is 0 Å². The number of carbonyl (C=O) groups is 1. The van der Waals surface area contributed by atoms with Crippen molar-refractivity contribution >= 4 is 33.8 Å². The van der Waals surface area contributed by atoms with Crippen LogP contribution < -0.4 is 9.64 Å². The van der Waals surface area contributed by atoms with Crippen LogP contribution in [0.1, 0.15) is 18.2 Å². The van der Waals surface area contributed by atoms with Crippen LogP contribution in [-0.2, 0) is 11.4 Å². The van der Waals surface area contributed by atoms with Gasteiger partial charge >= 0.3 is 5.69 Å². The lowest BCUT2D eigenvalue weighted by atomic mass is 10.2. The van der Waals surface area contributed by atoms with Crippen LogP contribution in [0.4, 0.5) is 20.9 Å². The van der Waals surface area contributed by atoms with E-state index in [0.717, 1.165) is 23.8 Å². The summed E-state index contributed by atoms with van der Waals surface area (Å²) in [4.78, 5) is 28.4. The zero-order valence-electron chi connectivity index (χ0n) is 15.1. The highest BCUT2D eigenvalue weighted by Crippen LogP contribution is 2.31. The summed E-state index contributed by atoms with van der Waals surface area (Å²) in [5.41, 5.74) is 1.83. The van der Waals surface area contributed by atoms with Gasteiger partial charge in [-0.05, 0) is 30.7 Å². The summed E-state index contributed by atoms with van der Waals surface area (Å²) in [5.74, 6) is -1.02. The number of amides is 1. The average molecular weight is 401 g/mol. The fraction of sp³-hybridized carbons (Fsp3) is 0.158. The first-order valence-corrected chi connectivity index (χ1v) is 9.11. The Morgan fingerprint density at radius 2 is 2.11 bits per heavy atom. The summed E-state index contributed by atoms with van der Waals surface area (Å²) in [5, 5.41) is 13.2. The molecule has 28 heavy (non-hydrogen) atoms. The van der Waals surface area contributed by atoms with E-state index < -0.39 is 10.7 Å². The van der Waals surface area contributed by atoms with E-state index in [0.29, 0.717) is 16.5 Å². The molecule has 0 saturated heterocycles. The predicted octanol–water partition coefficient (Wildman–Crippen LogP) is 4.76. The molecule has 0 unspecified atom stereocenters. The van der Waals surface area contributed by atoms with Gasteiger partial charge < -0.3 is 4.74 Å². The smallest absolute Gasteiger partial charge is 0.311 e. The number of aromatic nitrogens is 1. The fourth-order valence-electron chi connectivity index (χ4n) is 2.57. The zero-order valence-corrected chi connectivity index (χ0v) is 15.9. The standard InChI is InChI=1S/C19H16FN3O4S/c1-12-4-3-5-16(8-12)22(13(2)24)19-21-15(11-28-19)10-27-18-9-14(20)6-7-17(18)23(25)26/h3-9,11H,10H2,1-2H3. The predicted molar refractivity (Wildman–Crippen MR) is 103 cm³/mol. The van der Waals surface area contributed by atoms with Gasteiger partial charge in [0.1, 0.15) is 12.4 Å². The number of carbonyl (C=O) groups excluding carboxylic acids is 1. The maximum atomic E-state index is 13.4. The highest BCUT2D eigenvalue weighted by Gasteiger charge is 2.20. The number of halogens is 1. The maximum absolute atomic E-state index is 13.4. The Morgan fingerprint density at radius 1 is 1.32 bits per heavy atom. The first kappa shape index (κ1) is 19.4. The summed E-state index contributed by atoms with van der Waals surface area (Å²) >= 11 is 1.24. The topological polar surface area (TPSA) is 85.6 Å². The lowest BCUT2D eigenvalue weighted by Gasteiger charge is -2.18. The van der Waals surface area contributed by atoms with Gasteiger partial charge in [0, 0.05) is 24.4 Å². The molecule has 9 heteroatoms. The Balaban J connectivity index is 1.81. The molecule has 0 spiro atoms. The van der Waals surface area contributed by atoms with E-state index in [2.05, 4.69) is 4.98 Å². The van der Waals surface area contributed by atoms with Crippen molar-refractivity contribution in [2.24, 2.45) is 0 Å². The van der Waals surface area contributed by atoms with Crippen molar-refractivity contribution in [1.82, 2.24) is 4.98 Å². The quantitative estimate of drug-likeness (QED) is 0.439. The Hall–Kier alpha value is -3.33. The van der Waals surface area contributed by atoms with Crippen LogP contribution in [0, 0.1) is 22.9 Å². The number of hydrogen-bond donors (Lipinski definition) is 0. The molecular weight excluding hydrogens is 385 g/mol. The molecule has 0 aliphatic heterocycles. The van der Waals surface area contributed by atoms with Crippen molar-refractivity contribution in [3.63, 3.8) is 0 Å². The molecule has 0 atom stereocenters. The van der Waals surface area contributed by atoms with E-state index in [1.54, 1.807) is 5.38 Å². The second kappa shape index (κ2) is 8.13. The summed E-state index contributed by atoms with van der Waals surface area (Å²) in [6.45, 7) is 3.27. The Morgan fingerprint density at radius 3 is 2.79 bits per heavy atom. The number of nitrogens with zero attached hydrogens (tertiary/aromatic N) is 3. The number of aryl methyl sites for hydroxylation is 1. The first-order valence-electron chi connectivity index (χ1n) is 8.23. The molecule has 0 aliphatic rings. The molecule has 144 valence electrons. The van der Waals surface area contributed by atoms with Gasteiger partial charge in [-0.3, -0.25) is 19.8 Å². The summed E-state index contributed by atoms with van der Waals surface area (Å²) in [6.07, 6.45) is 0. The van der Waals surface area contributed by atoms with Gasteiger partial charge in [0.05, 0.1) is 16.3 Å². The minimum Gasteiger partial charge on any atom is -0.480 e. The van der Waals surface area contributed by atoms with Crippen molar-refractivity contribution < 1.29 is 18.8 Å². The highest BCUT2D eigenvalue weighted by molar-refractivity contribution is 7.14. The SMILES string of the molecule is CC(=O)N(c1cccc(C)c1)c1nc(COc2cc(F)ccc2[N+](=O)[O-])cs1. The minimum atomic E-state index is -0.642. The van der Waals surface area contributed by atoms with Crippen LogP contribution in [-0.4, -0.2) is 15.8 Å². The zero-order chi connectivity index (χ0) is 20.3. The van der Waals surface area contributed by atoms with Crippen molar-refractivity contribution in [2.75, 3.05) is 4.90 Å². The monoisotopic (exact) mass is 401 g/mol. The van der Waals surface area contributed by atoms with Crippen molar-refractivity contribution in [3.8, 4) is 5.75 Å². The normalized spacial score (nSPS) is 10.5. The van der Waals surface area contributed by atoms with Gasteiger partial charge in [-0.2, -0.15) is 0 Å². The number of ether oxygens (including phenoxy) is 1. The van der Waals surface area contributed by atoms with E-state index in [4.69, 9.17) is 4.74 Å². The molecule has 1 amide bonds. The van der Waals surface area contributed by atoms with E-state index in [1.807, 2.05) is 31.2 Å². The second-order valence-corrected chi connectivity index (χ2v) is 6.81. The van der Waals surface area contributed by atoms with E-state index in [-0.39, 0.29) is 24.0 Å². The van der Waals surface area contributed by atoms with E-state index >= 15 is 0 Å².